The highest BCUT2D eigenvalue weighted by atomic mass is 16.3. The van der Waals surface area contributed by atoms with Gasteiger partial charge in [0.2, 0.25) is 11.8 Å². The molecule has 0 heterocycles. The zero-order valence-electron chi connectivity index (χ0n) is 12.5. The van der Waals surface area contributed by atoms with Crippen molar-refractivity contribution in [2.24, 2.45) is 11.3 Å². The van der Waals surface area contributed by atoms with Crippen molar-refractivity contribution < 1.29 is 14.7 Å². The van der Waals surface area contributed by atoms with E-state index in [-0.39, 0.29) is 17.7 Å². The Morgan fingerprint density at radius 2 is 1.85 bits per heavy atom. The van der Waals surface area contributed by atoms with Gasteiger partial charge in [0.25, 0.3) is 0 Å². The molecule has 5 nitrogen and oxygen atoms in total. The maximum atomic E-state index is 12.4. The summed E-state index contributed by atoms with van der Waals surface area (Å²) in [5.74, 6) is -0.266. The average Bonchev–Trinajstić information content (AvgIpc) is 3.04. The molecule has 2 aliphatic carbocycles. The molecule has 114 valence electrons. The van der Waals surface area contributed by atoms with E-state index in [0.29, 0.717) is 13.0 Å². The largest absolute Gasteiger partial charge is 0.392 e. The Morgan fingerprint density at radius 1 is 1.20 bits per heavy atom. The molecule has 2 rings (SSSR count). The lowest BCUT2D eigenvalue weighted by Crippen LogP contribution is -2.48. The Bertz CT molecular complexity index is 375. The van der Waals surface area contributed by atoms with E-state index in [2.05, 4.69) is 5.32 Å². The third-order valence-electron chi connectivity index (χ3n) is 4.84. The van der Waals surface area contributed by atoms with Crippen LogP contribution in [0.5, 0.6) is 0 Å². The van der Waals surface area contributed by atoms with Gasteiger partial charge in [-0.15, -0.1) is 0 Å². The van der Waals surface area contributed by atoms with E-state index in [1.807, 2.05) is 0 Å². The lowest BCUT2D eigenvalue weighted by atomic mass is 9.84. The lowest BCUT2D eigenvalue weighted by molar-refractivity contribution is -0.139. The van der Waals surface area contributed by atoms with Crippen LogP contribution in [0.3, 0.4) is 0 Å². The second kappa shape index (κ2) is 6.12. The zero-order chi connectivity index (χ0) is 14.8. The Balaban J connectivity index is 1.96. The van der Waals surface area contributed by atoms with Gasteiger partial charge in [-0.3, -0.25) is 9.59 Å². The van der Waals surface area contributed by atoms with Crippen LogP contribution in [0, 0.1) is 11.3 Å². The number of carbonyl (C=O) groups excluding carboxylic acids is 2. The van der Waals surface area contributed by atoms with Crippen LogP contribution in [0.4, 0.5) is 0 Å². The number of aliphatic hydroxyl groups is 1. The molecular formula is C15H26N2O3. The Labute approximate surface area is 120 Å². The van der Waals surface area contributed by atoms with Crippen LogP contribution in [-0.4, -0.2) is 48.6 Å². The van der Waals surface area contributed by atoms with Crippen molar-refractivity contribution in [3.05, 3.63) is 0 Å². The minimum absolute atomic E-state index is 0.0900. The first kappa shape index (κ1) is 15.3. The molecule has 2 fully saturated rings. The number of hydrogen-bond acceptors (Lipinski definition) is 3. The number of aliphatic hydroxyl groups excluding tert-OH is 1. The molecule has 0 saturated heterocycles. The number of carbonyl (C=O) groups is 2. The summed E-state index contributed by atoms with van der Waals surface area (Å²) in [6, 6.07) is 0. The van der Waals surface area contributed by atoms with E-state index in [4.69, 9.17) is 0 Å². The summed E-state index contributed by atoms with van der Waals surface area (Å²) in [6.45, 7) is 0.409. The first-order valence-electron chi connectivity index (χ1n) is 7.64. The van der Waals surface area contributed by atoms with Gasteiger partial charge in [0.1, 0.15) is 0 Å². The fraction of sp³-hybridized carbons (Fsp3) is 0.867. The molecule has 0 aromatic rings. The van der Waals surface area contributed by atoms with Crippen molar-refractivity contribution in [1.82, 2.24) is 10.2 Å². The van der Waals surface area contributed by atoms with Crippen LogP contribution in [0.2, 0.25) is 0 Å². The van der Waals surface area contributed by atoms with E-state index >= 15 is 0 Å². The van der Waals surface area contributed by atoms with Crippen LogP contribution >= 0.6 is 0 Å². The van der Waals surface area contributed by atoms with Crippen molar-refractivity contribution >= 4 is 11.8 Å². The molecule has 2 unspecified atom stereocenters. The summed E-state index contributed by atoms with van der Waals surface area (Å²) in [6.07, 6.45) is 5.62. The molecule has 0 aromatic heterocycles. The van der Waals surface area contributed by atoms with Gasteiger partial charge in [0.05, 0.1) is 17.4 Å². The van der Waals surface area contributed by atoms with E-state index < -0.39 is 11.5 Å². The lowest BCUT2D eigenvalue weighted by Gasteiger charge is -2.31. The Kier molecular flexibility index (Phi) is 4.68. The van der Waals surface area contributed by atoms with Crippen LogP contribution in [0.15, 0.2) is 0 Å². The molecule has 2 amide bonds. The first-order chi connectivity index (χ1) is 9.46. The van der Waals surface area contributed by atoms with Gasteiger partial charge < -0.3 is 15.3 Å². The summed E-state index contributed by atoms with van der Waals surface area (Å²) in [7, 11) is 3.54. The summed E-state index contributed by atoms with van der Waals surface area (Å²) in [5.41, 5.74) is -0.428. The quantitative estimate of drug-likeness (QED) is 0.805. The van der Waals surface area contributed by atoms with Gasteiger partial charge in [-0.05, 0) is 32.1 Å². The SMILES string of the molecule is CN(C)C(=O)C1(CNC(=O)C2CCCC2O)CCCC1. The molecule has 2 N–H and O–H groups in total. The summed E-state index contributed by atoms with van der Waals surface area (Å²) in [4.78, 5) is 26.2. The second-order valence-electron chi connectivity index (χ2n) is 6.51. The van der Waals surface area contributed by atoms with Crippen LogP contribution in [-0.2, 0) is 9.59 Å². The van der Waals surface area contributed by atoms with Crippen LogP contribution in [0.1, 0.15) is 44.9 Å². The third-order valence-corrected chi connectivity index (χ3v) is 4.84. The summed E-state index contributed by atoms with van der Waals surface area (Å²) in [5, 5.41) is 12.7. The predicted octanol–water partition coefficient (Wildman–Crippen LogP) is 0.912. The van der Waals surface area contributed by atoms with Gasteiger partial charge in [-0.25, -0.2) is 0 Å². The molecule has 0 bridgehead atoms. The number of hydrogen-bond donors (Lipinski definition) is 2. The number of rotatable bonds is 4. The topological polar surface area (TPSA) is 69.6 Å². The Hall–Kier alpha value is -1.10. The van der Waals surface area contributed by atoms with Crippen molar-refractivity contribution in [2.45, 2.75) is 51.0 Å². The molecule has 5 heteroatoms. The molecule has 2 aliphatic rings. The monoisotopic (exact) mass is 282 g/mol. The minimum Gasteiger partial charge on any atom is -0.392 e. The first-order valence-corrected chi connectivity index (χ1v) is 7.64. The maximum absolute atomic E-state index is 12.4. The van der Waals surface area contributed by atoms with Gasteiger partial charge in [0.15, 0.2) is 0 Å². The fourth-order valence-corrected chi connectivity index (χ4v) is 3.63. The molecule has 0 aliphatic heterocycles. The maximum Gasteiger partial charge on any atom is 0.230 e. The van der Waals surface area contributed by atoms with Crippen molar-refractivity contribution in [3.63, 3.8) is 0 Å². The number of nitrogens with one attached hydrogen (secondary N) is 1. The zero-order valence-corrected chi connectivity index (χ0v) is 12.5. The van der Waals surface area contributed by atoms with Crippen molar-refractivity contribution in [1.29, 1.82) is 0 Å². The van der Waals surface area contributed by atoms with Gasteiger partial charge in [-0.1, -0.05) is 12.8 Å². The fourth-order valence-electron chi connectivity index (χ4n) is 3.63. The standard InChI is InChI=1S/C15H26N2O3/c1-17(2)14(20)15(8-3-4-9-15)10-16-13(19)11-6-5-7-12(11)18/h11-12,18H,3-10H2,1-2H3,(H,16,19). The summed E-state index contributed by atoms with van der Waals surface area (Å²) >= 11 is 0. The van der Waals surface area contributed by atoms with Crippen LogP contribution < -0.4 is 5.32 Å². The third kappa shape index (κ3) is 2.97. The van der Waals surface area contributed by atoms with E-state index in [1.165, 1.54) is 0 Å². The van der Waals surface area contributed by atoms with E-state index in [1.54, 1.807) is 19.0 Å². The van der Waals surface area contributed by atoms with Gasteiger partial charge in [-0.2, -0.15) is 0 Å². The molecule has 0 radical (unpaired) electrons. The van der Waals surface area contributed by atoms with E-state index in [9.17, 15) is 14.7 Å². The number of nitrogens with zero attached hydrogens (tertiary/aromatic N) is 1. The van der Waals surface area contributed by atoms with Crippen LogP contribution in [0.25, 0.3) is 0 Å². The average molecular weight is 282 g/mol. The minimum atomic E-state index is -0.515. The molecule has 2 atom stereocenters. The highest BCUT2D eigenvalue weighted by Gasteiger charge is 2.43. The second-order valence-corrected chi connectivity index (χ2v) is 6.51. The van der Waals surface area contributed by atoms with Crippen molar-refractivity contribution in [2.75, 3.05) is 20.6 Å². The normalized spacial score (nSPS) is 28.4. The molecule has 0 aromatic carbocycles. The van der Waals surface area contributed by atoms with Gasteiger partial charge in [0, 0.05) is 20.6 Å². The smallest absolute Gasteiger partial charge is 0.230 e. The van der Waals surface area contributed by atoms with Crippen molar-refractivity contribution in [3.8, 4) is 0 Å². The van der Waals surface area contributed by atoms with E-state index in [0.717, 1.165) is 38.5 Å². The molecule has 20 heavy (non-hydrogen) atoms. The summed E-state index contributed by atoms with van der Waals surface area (Å²) < 4.78 is 0. The van der Waals surface area contributed by atoms with Gasteiger partial charge >= 0.3 is 0 Å². The highest BCUT2D eigenvalue weighted by Crippen LogP contribution is 2.39. The highest BCUT2D eigenvalue weighted by molar-refractivity contribution is 5.85. The molecular weight excluding hydrogens is 256 g/mol. The Morgan fingerprint density at radius 3 is 2.35 bits per heavy atom. The molecule has 0 spiro atoms. The molecule has 2 saturated carbocycles. The number of amides is 2. The predicted molar refractivity (Wildman–Crippen MR) is 76.0 cm³/mol.